The van der Waals surface area contributed by atoms with E-state index in [-0.39, 0.29) is 5.56 Å². The van der Waals surface area contributed by atoms with Crippen molar-refractivity contribution in [3.63, 3.8) is 0 Å². The van der Waals surface area contributed by atoms with E-state index in [1.165, 1.54) is 0 Å². The Morgan fingerprint density at radius 1 is 1.36 bits per heavy atom. The summed E-state index contributed by atoms with van der Waals surface area (Å²) in [4.78, 5) is 22.3. The zero-order valence-corrected chi connectivity index (χ0v) is 13.5. The molecule has 2 unspecified atom stereocenters. The Hall–Kier alpha value is -3.00. The molecule has 0 aliphatic rings. The van der Waals surface area contributed by atoms with Crippen LogP contribution < -0.4 is 11.1 Å². The van der Waals surface area contributed by atoms with Crippen LogP contribution in [0.15, 0.2) is 42.5 Å². The average Bonchev–Trinajstić information content (AvgIpc) is 2.57. The van der Waals surface area contributed by atoms with Crippen molar-refractivity contribution < 1.29 is 19.2 Å². The number of nitro benzene ring substituents is 1. The molecule has 0 radical (unpaired) electrons. The number of carbonyl (C=O) groups is 1. The first-order valence-corrected chi connectivity index (χ1v) is 7.56. The third-order valence-electron chi connectivity index (χ3n) is 3.79. The van der Waals surface area contributed by atoms with Crippen LogP contribution in [0, 0.1) is 15.9 Å². The number of anilines is 1. The number of benzene rings is 2. The minimum absolute atomic E-state index is 0.307. The molecule has 0 saturated carbocycles. The highest BCUT2D eigenvalue weighted by Crippen LogP contribution is 2.26. The van der Waals surface area contributed by atoms with Crippen LogP contribution in [0.5, 0.6) is 0 Å². The van der Waals surface area contributed by atoms with E-state index in [1.54, 1.807) is 6.92 Å². The third kappa shape index (κ3) is 4.51. The number of nitrogen functional groups attached to an aromatic ring is 1. The molecule has 0 bridgehead atoms. The van der Waals surface area contributed by atoms with E-state index in [0.717, 1.165) is 11.6 Å². The van der Waals surface area contributed by atoms with Gasteiger partial charge in [-0.05, 0) is 18.6 Å². The molecule has 0 aliphatic heterocycles. The number of nitrogens with one attached hydrogen (secondary N) is 1. The van der Waals surface area contributed by atoms with Crippen LogP contribution in [0.1, 0.15) is 22.8 Å². The molecule has 0 saturated heterocycles. The zero-order chi connectivity index (χ0) is 18.6. The molecule has 4 N–H and O–H groups in total. The van der Waals surface area contributed by atoms with Gasteiger partial charge in [0.25, 0.3) is 11.6 Å². The SMILES string of the molecule is CC(NC(=O)c1cc(F)cc([N+](=O)[O-])c1N)C(O)Cc1ccccc1. The number of rotatable bonds is 6. The van der Waals surface area contributed by atoms with Crippen LogP contribution in [0.2, 0.25) is 0 Å². The van der Waals surface area contributed by atoms with Gasteiger partial charge in [0.2, 0.25) is 0 Å². The van der Waals surface area contributed by atoms with Gasteiger partial charge in [-0.15, -0.1) is 0 Å². The maximum atomic E-state index is 13.5. The Labute approximate surface area is 143 Å². The van der Waals surface area contributed by atoms with Crippen molar-refractivity contribution in [3.8, 4) is 0 Å². The summed E-state index contributed by atoms with van der Waals surface area (Å²) in [6.45, 7) is 1.58. The summed E-state index contributed by atoms with van der Waals surface area (Å²) >= 11 is 0. The van der Waals surface area contributed by atoms with Gasteiger partial charge in [-0.1, -0.05) is 30.3 Å². The zero-order valence-electron chi connectivity index (χ0n) is 13.5. The van der Waals surface area contributed by atoms with E-state index in [0.29, 0.717) is 12.5 Å². The predicted molar refractivity (Wildman–Crippen MR) is 90.5 cm³/mol. The number of aliphatic hydroxyl groups excluding tert-OH is 1. The number of nitro groups is 1. The van der Waals surface area contributed by atoms with E-state index in [2.05, 4.69) is 5.32 Å². The molecular weight excluding hydrogens is 329 g/mol. The number of halogens is 1. The van der Waals surface area contributed by atoms with Crippen LogP contribution in [0.25, 0.3) is 0 Å². The van der Waals surface area contributed by atoms with Gasteiger partial charge in [-0.3, -0.25) is 14.9 Å². The van der Waals surface area contributed by atoms with Crippen molar-refractivity contribution in [1.82, 2.24) is 5.32 Å². The summed E-state index contributed by atoms with van der Waals surface area (Å²) in [5, 5.41) is 23.6. The topological polar surface area (TPSA) is 118 Å². The highest BCUT2D eigenvalue weighted by molar-refractivity contribution is 6.01. The van der Waals surface area contributed by atoms with Gasteiger partial charge < -0.3 is 16.2 Å². The first kappa shape index (κ1) is 18.3. The lowest BCUT2D eigenvalue weighted by Crippen LogP contribution is -2.42. The van der Waals surface area contributed by atoms with Crippen molar-refractivity contribution in [2.24, 2.45) is 0 Å². The number of aliphatic hydroxyl groups is 1. The van der Waals surface area contributed by atoms with E-state index >= 15 is 0 Å². The largest absolute Gasteiger partial charge is 0.393 e. The lowest BCUT2D eigenvalue weighted by molar-refractivity contribution is -0.384. The Morgan fingerprint density at radius 3 is 2.60 bits per heavy atom. The molecule has 25 heavy (non-hydrogen) atoms. The van der Waals surface area contributed by atoms with E-state index < -0.39 is 40.2 Å². The Kier molecular flexibility index (Phi) is 5.66. The Bertz CT molecular complexity index is 783. The number of nitrogens with two attached hydrogens (primary N) is 1. The fourth-order valence-corrected chi connectivity index (χ4v) is 2.36. The lowest BCUT2D eigenvalue weighted by Gasteiger charge is -2.21. The summed E-state index contributed by atoms with van der Waals surface area (Å²) in [5.41, 5.74) is 5.04. The van der Waals surface area contributed by atoms with Crippen molar-refractivity contribution >= 4 is 17.3 Å². The molecule has 0 aromatic heterocycles. The minimum atomic E-state index is -0.941. The molecule has 1 amide bonds. The average molecular weight is 347 g/mol. The molecule has 2 aromatic carbocycles. The molecule has 8 heteroatoms. The number of carbonyl (C=O) groups excluding carboxylic acids is 1. The van der Waals surface area contributed by atoms with Gasteiger partial charge >= 0.3 is 0 Å². The molecule has 0 spiro atoms. The van der Waals surface area contributed by atoms with Crippen molar-refractivity contribution in [1.29, 1.82) is 0 Å². The monoisotopic (exact) mass is 347 g/mol. The summed E-state index contributed by atoms with van der Waals surface area (Å²) in [7, 11) is 0. The molecule has 0 fully saturated rings. The van der Waals surface area contributed by atoms with E-state index in [4.69, 9.17) is 5.73 Å². The predicted octanol–water partition coefficient (Wildman–Crippen LogP) is 2.04. The summed E-state index contributed by atoms with van der Waals surface area (Å²) < 4.78 is 13.5. The summed E-state index contributed by atoms with van der Waals surface area (Å²) in [6, 6.07) is 10.00. The molecule has 2 atom stereocenters. The van der Waals surface area contributed by atoms with Gasteiger partial charge in [-0.25, -0.2) is 4.39 Å². The van der Waals surface area contributed by atoms with Crippen molar-refractivity contribution in [3.05, 3.63) is 69.5 Å². The second-order valence-corrected chi connectivity index (χ2v) is 5.66. The van der Waals surface area contributed by atoms with E-state index in [1.807, 2.05) is 30.3 Å². The van der Waals surface area contributed by atoms with Gasteiger partial charge in [0.1, 0.15) is 11.5 Å². The van der Waals surface area contributed by atoms with Crippen molar-refractivity contribution in [2.75, 3.05) is 5.73 Å². The van der Waals surface area contributed by atoms with Crippen LogP contribution >= 0.6 is 0 Å². The lowest BCUT2D eigenvalue weighted by atomic mass is 10.0. The first-order valence-electron chi connectivity index (χ1n) is 7.56. The molecule has 2 aromatic rings. The molecule has 0 heterocycles. The van der Waals surface area contributed by atoms with Gasteiger partial charge in [0, 0.05) is 6.42 Å². The minimum Gasteiger partial charge on any atom is -0.393 e. The fourth-order valence-electron chi connectivity index (χ4n) is 2.36. The van der Waals surface area contributed by atoms with Crippen LogP contribution in [0.4, 0.5) is 15.8 Å². The molecular formula is C17H18FN3O4. The highest BCUT2D eigenvalue weighted by Gasteiger charge is 2.24. The number of nitrogens with zero attached hydrogens (tertiary/aromatic N) is 1. The normalized spacial score (nSPS) is 13.1. The number of hydrogen-bond acceptors (Lipinski definition) is 5. The van der Waals surface area contributed by atoms with Gasteiger partial charge in [0.05, 0.1) is 28.7 Å². The fraction of sp³-hybridized carbons (Fsp3) is 0.235. The summed E-state index contributed by atoms with van der Waals surface area (Å²) in [5.74, 6) is -1.73. The second-order valence-electron chi connectivity index (χ2n) is 5.66. The quantitative estimate of drug-likeness (QED) is 0.420. The molecule has 2 rings (SSSR count). The number of amides is 1. The van der Waals surface area contributed by atoms with Gasteiger partial charge in [-0.2, -0.15) is 0 Å². The smallest absolute Gasteiger partial charge is 0.295 e. The maximum absolute atomic E-state index is 13.5. The van der Waals surface area contributed by atoms with Gasteiger partial charge in [0.15, 0.2) is 0 Å². The summed E-state index contributed by atoms with van der Waals surface area (Å²) in [6.07, 6.45) is -0.586. The van der Waals surface area contributed by atoms with Crippen LogP contribution in [-0.2, 0) is 6.42 Å². The Morgan fingerprint density at radius 2 is 2.00 bits per heavy atom. The molecule has 7 nitrogen and oxygen atoms in total. The van der Waals surface area contributed by atoms with Crippen LogP contribution in [-0.4, -0.2) is 28.1 Å². The molecule has 132 valence electrons. The second kappa shape index (κ2) is 7.71. The molecule has 0 aliphatic carbocycles. The maximum Gasteiger partial charge on any atom is 0.295 e. The van der Waals surface area contributed by atoms with Crippen LogP contribution in [0.3, 0.4) is 0 Å². The number of hydrogen-bond donors (Lipinski definition) is 3. The third-order valence-corrected chi connectivity index (χ3v) is 3.79. The van der Waals surface area contributed by atoms with Crippen molar-refractivity contribution in [2.45, 2.75) is 25.5 Å². The first-order chi connectivity index (χ1) is 11.8. The standard InChI is InChI=1S/C17H18FN3O4/c1-10(15(22)7-11-5-3-2-4-6-11)20-17(23)13-8-12(18)9-14(16(13)19)21(24)25/h2-6,8-10,15,22H,7,19H2,1H3,(H,20,23). The van der Waals surface area contributed by atoms with E-state index in [9.17, 15) is 24.4 Å². The Balaban J connectivity index is 2.12. The highest BCUT2D eigenvalue weighted by atomic mass is 19.1.